The summed E-state index contributed by atoms with van der Waals surface area (Å²) in [6, 6.07) is 0. The summed E-state index contributed by atoms with van der Waals surface area (Å²) in [6.07, 6.45) is -0.711. The molecule has 1 unspecified atom stereocenters. The van der Waals surface area contributed by atoms with Crippen LogP contribution in [0.15, 0.2) is 0 Å². The second kappa shape index (κ2) is 4.47. The van der Waals surface area contributed by atoms with E-state index in [4.69, 9.17) is 9.84 Å². The van der Waals surface area contributed by atoms with Crippen LogP contribution >= 0.6 is 0 Å². The third-order valence-corrected chi connectivity index (χ3v) is 3.39. The van der Waals surface area contributed by atoms with Crippen LogP contribution in [-0.2, 0) is 14.8 Å². The van der Waals surface area contributed by atoms with Crippen LogP contribution in [0.3, 0.4) is 0 Å². The van der Waals surface area contributed by atoms with Crippen molar-refractivity contribution >= 4 is 10.0 Å². The fourth-order valence-electron chi connectivity index (χ4n) is 1.15. The largest absolute Gasteiger partial charge is 0.394 e. The highest BCUT2D eigenvalue weighted by atomic mass is 32.2. The van der Waals surface area contributed by atoms with Crippen LogP contribution < -0.4 is 0 Å². The number of alkyl halides is 2. The molecule has 0 aromatic rings. The first-order valence-corrected chi connectivity index (χ1v) is 5.48. The van der Waals surface area contributed by atoms with Crippen LogP contribution in [0.4, 0.5) is 8.78 Å². The van der Waals surface area contributed by atoms with Gasteiger partial charge in [-0.3, -0.25) is 0 Å². The van der Waals surface area contributed by atoms with Crippen LogP contribution in [0.2, 0.25) is 0 Å². The second-order valence-corrected chi connectivity index (χ2v) is 4.74. The third-order valence-electron chi connectivity index (χ3n) is 1.89. The van der Waals surface area contributed by atoms with Crippen molar-refractivity contribution in [2.24, 2.45) is 0 Å². The highest BCUT2D eigenvalue weighted by molar-refractivity contribution is 7.89. The Morgan fingerprint density at radius 1 is 1.57 bits per heavy atom. The van der Waals surface area contributed by atoms with Gasteiger partial charge in [0.2, 0.25) is 0 Å². The van der Waals surface area contributed by atoms with Crippen molar-refractivity contribution in [2.75, 3.05) is 26.3 Å². The average molecular weight is 231 g/mol. The molecule has 0 aromatic heterocycles. The standard InChI is InChI=1S/C6H11F2NO4S/c7-6(8)14(11,12)9-1-2-13-5(3-9)4-10/h5-6,10H,1-4H2. The minimum atomic E-state index is -4.53. The van der Waals surface area contributed by atoms with Crippen molar-refractivity contribution < 1.29 is 27.0 Å². The zero-order valence-electron chi connectivity index (χ0n) is 7.27. The average Bonchev–Trinajstić information content (AvgIpc) is 2.17. The third kappa shape index (κ3) is 2.38. The molecule has 1 rings (SSSR count). The second-order valence-electron chi connectivity index (χ2n) is 2.84. The molecular formula is C6H11F2NO4S. The normalized spacial score (nSPS) is 25.6. The molecule has 1 atom stereocenters. The topological polar surface area (TPSA) is 66.8 Å². The number of rotatable bonds is 3. The lowest BCUT2D eigenvalue weighted by atomic mass is 10.3. The molecule has 1 N–H and O–H groups in total. The van der Waals surface area contributed by atoms with Gasteiger partial charge in [0.25, 0.3) is 10.0 Å². The van der Waals surface area contributed by atoms with E-state index in [2.05, 4.69) is 0 Å². The Morgan fingerprint density at radius 2 is 2.21 bits per heavy atom. The number of hydrogen-bond donors (Lipinski definition) is 1. The lowest BCUT2D eigenvalue weighted by Crippen LogP contribution is -2.48. The number of sulfonamides is 1. The van der Waals surface area contributed by atoms with Crippen LogP contribution in [0.25, 0.3) is 0 Å². The van der Waals surface area contributed by atoms with Gasteiger partial charge >= 0.3 is 5.76 Å². The van der Waals surface area contributed by atoms with Crippen LogP contribution in [0.5, 0.6) is 0 Å². The van der Waals surface area contributed by atoms with E-state index < -0.39 is 21.9 Å². The Kier molecular flexibility index (Phi) is 3.76. The van der Waals surface area contributed by atoms with E-state index >= 15 is 0 Å². The molecule has 0 radical (unpaired) electrons. The van der Waals surface area contributed by atoms with Gasteiger partial charge in [0.1, 0.15) is 0 Å². The zero-order valence-corrected chi connectivity index (χ0v) is 8.08. The quantitative estimate of drug-likeness (QED) is 0.692. The maximum Gasteiger partial charge on any atom is 0.350 e. The summed E-state index contributed by atoms with van der Waals surface area (Å²) in [6.45, 7) is -0.668. The molecule has 0 aliphatic carbocycles. The van der Waals surface area contributed by atoms with E-state index in [-0.39, 0.29) is 26.3 Å². The lowest BCUT2D eigenvalue weighted by molar-refractivity contribution is -0.0317. The lowest BCUT2D eigenvalue weighted by Gasteiger charge is -2.30. The van der Waals surface area contributed by atoms with Crippen molar-refractivity contribution in [2.45, 2.75) is 11.9 Å². The van der Waals surface area contributed by atoms with Crippen LogP contribution in [-0.4, -0.2) is 56.0 Å². The summed E-state index contributed by atoms with van der Waals surface area (Å²) in [4.78, 5) is 0. The number of nitrogens with zero attached hydrogens (tertiary/aromatic N) is 1. The summed E-state index contributed by atoms with van der Waals surface area (Å²) in [5, 5.41) is 8.68. The van der Waals surface area contributed by atoms with E-state index in [0.29, 0.717) is 4.31 Å². The van der Waals surface area contributed by atoms with E-state index in [0.717, 1.165) is 0 Å². The maximum atomic E-state index is 12.1. The molecular weight excluding hydrogens is 220 g/mol. The zero-order chi connectivity index (χ0) is 10.8. The first kappa shape index (κ1) is 11.8. The number of aliphatic hydroxyl groups excluding tert-OH is 1. The SMILES string of the molecule is O=S(=O)(C(F)F)N1CCOC(CO)C1. The van der Waals surface area contributed by atoms with E-state index in [1.165, 1.54) is 0 Å². The summed E-state index contributed by atoms with van der Waals surface area (Å²) in [7, 11) is -4.53. The molecule has 1 fully saturated rings. The summed E-state index contributed by atoms with van der Waals surface area (Å²) < 4.78 is 51.7. The van der Waals surface area contributed by atoms with Gasteiger partial charge in [-0.25, -0.2) is 8.42 Å². The van der Waals surface area contributed by atoms with E-state index in [9.17, 15) is 17.2 Å². The Hall–Kier alpha value is -0.310. The molecule has 0 aromatic carbocycles. The number of hydrogen-bond acceptors (Lipinski definition) is 4. The molecule has 0 saturated carbocycles. The van der Waals surface area contributed by atoms with E-state index in [1.54, 1.807) is 0 Å². The number of morpholine rings is 1. The highest BCUT2D eigenvalue weighted by Gasteiger charge is 2.35. The van der Waals surface area contributed by atoms with Gasteiger partial charge in [-0.05, 0) is 0 Å². The predicted octanol–water partition coefficient (Wildman–Crippen LogP) is -0.768. The molecule has 1 heterocycles. The van der Waals surface area contributed by atoms with Crippen molar-refractivity contribution in [3.8, 4) is 0 Å². The molecule has 14 heavy (non-hydrogen) atoms. The van der Waals surface area contributed by atoms with Crippen LogP contribution in [0.1, 0.15) is 0 Å². The molecule has 5 nitrogen and oxygen atoms in total. The highest BCUT2D eigenvalue weighted by Crippen LogP contribution is 2.15. The molecule has 1 saturated heterocycles. The number of ether oxygens (including phenoxy) is 1. The Bertz CT molecular complexity index is 282. The summed E-state index contributed by atoms with van der Waals surface area (Å²) >= 11 is 0. The molecule has 84 valence electrons. The van der Waals surface area contributed by atoms with Gasteiger partial charge in [-0.2, -0.15) is 13.1 Å². The smallest absolute Gasteiger partial charge is 0.350 e. The van der Waals surface area contributed by atoms with Crippen molar-refractivity contribution in [3.63, 3.8) is 0 Å². The minimum absolute atomic E-state index is 0.0250. The first-order valence-electron chi connectivity index (χ1n) is 3.98. The van der Waals surface area contributed by atoms with Gasteiger partial charge in [-0.1, -0.05) is 0 Å². The van der Waals surface area contributed by atoms with Gasteiger partial charge in [0, 0.05) is 13.1 Å². The van der Waals surface area contributed by atoms with Gasteiger partial charge < -0.3 is 9.84 Å². The van der Waals surface area contributed by atoms with Crippen molar-refractivity contribution in [3.05, 3.63) is 0 Å². The minimum Gasteiger partial charge on any atom is -0.394 e. The van der Waals surface area contributed by atoms with Gasteiger partial charge in [0.05, 0.1) is 19.3 Å². The van der Waals surface area contributed by atoms with Crippen molar-refractivity contribution in [1.29, 1.82) is 0 Å². The fourth-order valence-corrected chi connectivity index (χ4v) is 2.08. The fraction of sp³-hybridized carbons (Fsp3) is 1.00. The van der Waals surface area contributed by atoms with Gasteiger partial charge in [0.15, 0.2) is 0 Å². The van der Waals surface area contributed by atoms with Crippen LogP contribution in [0, 0.1) is 0 Å². The number of aliphatic hydroxyl groups is 1. The molecule has 0 amide bonds. The molecule has 1 aliphatic heterocycles. The number of halogens is 2. The van der Waals surface area contributed by atoms with Crippen molar-refractivity contribution in [1.82, 2.24) is 4.31 Å². The Balaban J connectivity index is 2.69. The Labute approximate surface area is 80.3 Å². The maximum absolute atomic E-state index is 12.1. The predicted molar refractivity (Wildman–Crippen MR) is 43.3 cm³/mol. The summed E-state index contributed by atoms with van der Waals surface area (Å²) in [5.41, 5.74) is 0. The molecule has 0 spiro atoms. The monoisotopic (exact) mass is 231 g/mol. The summed E-state index contributed by atoms with van der Waals surface area (Å²) in [5.74, 6) is -3.42. The molecule has 8 heteroatoms. The first-order chi connectivity index (χ1) is 6.48. The Morgan fingerprint density at radius 3 is 2.71 bits per heavy atom. The molecule has 0 bridgehead atoms. The van der Waals surface area contributed by atoms with E-state index in [1.807, 2.05) is 0 Å². The van der Waals surface area contributed by atoms with Gasteiger partial charge in [-0.15, -0.1) is 0 Å². The molecule has 1 aliphatic rings.